The van der Waals surface area contributed by atoms with E-state index in [2.05, 4.69) is 0 Å². The van der Waals surface area contributed by atoms with Crippen LogP contribution in [0.1, 0.15) is 5.56 Å². The lowest BCUT2D eigenvalue weighted by atomic mass is 9.99. The lowest BCUT2D eigenvalue weighted by Crippen LogP contribution is -2.11. The second-order valence-electron chi connectivity index (χ2n) is 4.52. The molecule has 3 heteroatoms. The van der Waals surface area contributed by atoms with Gasteiger partial charge in [0.25, 0.3) is 0 Å². The maximum absolute atomic E-state index is 13.8. The number of hydrogen-bond acceptors (Lipinski definition) is 1. The first-order valence-corrected chi connectivity index (χ1v) is 5.76. The van der Waals surface area contributed by atoms with E-state index < -0.39 is 11.6 Å². The molecule has 0 saturated carbocycles. The van der Waals surface area contributed by atoms with E-state index in [0.29, 0.717) is 12.1 Å². The van der Waals surface area contributed by atoms with Crippen LogP contribution < -0.4 is 0 Å². The van der Waals surface area contributed by atoms with Crippen molar-refractivity contribution >= 4 is 0 Å². The maximum atomic E-state index is 13.8. The van der Waals surface area contributed by atoms with Gasteiger partial charge < -0.3 is 4.90 Å². The molecule has 0 aliphatic rings. The lowest BCUT2D eigenvalue weighted by molar-refractivity contribution is 0.403. The fourth-order valence-electron chi connectivity index (χ4n) is 1.97. The Balaban J connectivity index is 2.53. The predicted molar refractivity (Wildman–Crippen MR) is 69.2 cm³/mol. The Hall–Kier alpha value is -1.74. The highest BCUT2D eigenvalue weighted by molar-refractivity contribution is 5.68. The first kappa shape index (κ1) is 12.7. The third kappa shape index (κ3) is 2.74. The minimum atomic E-state index is -0.425. The molecule has 0 atom stereocenters. The Morgan fingerprint density at radius 2 is 1.67 bits per heavy atom. The van der Waals surface area contributed by atoms with Crippen LogP contribution in [0.4, 0.5) is 8.78 Å². The summed E-state index contributed by atoms with van der Waals surface area (Å²) in [4.78, 5) is 2.00. The van der Waals surface area contributed by atoms with Gasteiger partial charge in [-0.1, -0.05) is 24.3 Å². The molecular formula is C15H15F2N. The minimum Gasteiger partial charge on any atom is -0.305 e. The van der Waals surface area contributed by atoms with Gasteiger partial charge in [-0.2, -0.15) is 0 Å². The van der Waals surface area contributed by atoms with Crippen LogP contribution in [0.3, 0.4) is 0 Å². The van der Waals surface area contributed by atoms with E-state index in [0.717, 1.165) is 23.3 Å². The molecule has 2 rings (SSSR count). The Bertz CT molecular complexity index is 550. The molecule has 94 valence electrons. The summed E-state index contributed by atoms with van der Waals surface area (Å²) in [6.45, 7) is 0.687. The van der Waals surface area contributed by atoms with Gasteiger partial charge in [0, 0.05) is 12.1 Å². The highest BCUT2D eigenvalue weighted by Crippen LogP contribution is 2.27. The summed E-state index contributed by atoms with van der Waals surface area (Å²) in [6.07, 6.45) is 0. The molecule has 2 aromatic rings. The van der Waals surface area contributed by atoms with Crippen molar-refractivity contribution in [2.45, 2.75) is 6.54 Å². The first-order chi connectivity index (χ1) is 8.58. The van der Waals surface area contributed by atoms with E-state index in [-0.39, 0.29) is 0 Å². The Morgan fingerprint density at radius 3 is 2.39 bits per heavy atom. The van der Waals surface area contributed by atoms with Gasteiger partial charge in [-0.05, 0) is 43.4 Å². The highest BCUT2D eigenvalue weighted by Gasteiger charge is 2.10. The molecule has 0 aromatic heterocycles. The molecule has 0 unspecified atom stereocenters. The molecule has 1 nitrogen and oxygen atoms in total. The zero-order valence-corrected chi connectivity index (χ0v) is 10.5. The normalized spacial score (nSPS) is 10.9. The van der Waals surface area contributed by atoms with Crippen molar-refractivity contribution < 1.29 is 8.78 Å². The Morgan fingerprint density at radius 1 is 0.944 bits per heavy atom. The minimum absolute atomic E-state index is 0.312. The zero-order valence-electron chi connectivity index (χ0n) is 10.5. The summed E-state index contributed by atoms with van der Waals surface area (Å²) in [5, 5.41) is 0. The summed E-state index contributed by atoms with van der Waals surface area (Å²) in [7, 11) is 3.89. The maximum Gasteiger partial charge on any atom is 0.131 e. The van der Waals surface area contributed by atoms with Gasteiger partial charge in [-0.25, -0.2) is 8.78 Å². The number of benzene rings is 2. The lowest BCUT2D eigenvalue weighted by Gasteiger charge is -2.14. The van der Waals surface area contributed by atoms with E-state index >= 15 is 0 Å². The summed E-state index contributed by atoms with van der Waals surface area (Å²) in [5.41, 5.74) is 2.03. The number of hydrogen-bond donors (Lipinski definition) is 0. The second-order valence-corrected chi connectivity index (χ2v) is 4.52. The molecule has 0 saturated heterocycles. The van der Waals surface area contributed by atoms with Crippen molar-refractivity contribution in [1.29, 1.82) is 0 Å². The van der Waals surface area contributed by atoms with Crippen molar-refractivity contribution in [3.05, 3.63) is 59.7 Å². The molecule has 0 spiro atoms. The fraction of sp³-hybridized carbons (Fsp3) is 0.200. The van der Waals surface area contributed by atoms with Crippen LogP contribution >= 0.6 is 0 Å². The largest absolute Gasteiger partial charge is 0.305 e. The average Bonchev–Trinajstić information content (AvgIpc) is 2.32. The molecule has 2 aromatic carbocycles. The van der Waals surface area contributed by atoms with E-state index in [4.69, 9.17) is 0 Å². The SMILES string of the molecule is CN(C)Cc1ccccc1-c1cc(F)ccc1F. The van der Waals surface area contributed by atoms with Gasteiger partial charge in [0.15, 0.2) is 0 Å². The van der Waals surface area contributed by atoms with Crippen LogP contribution in [0.15, 0.2) is 42.5 Å². The summed E-state index contributed by atoms with van der Waals surface area (Å²) in [6, 6.07) is 11.0. The number of nitrogens with zero attached hydrogens (tertiary/aromatic N) is 1. The molecule has 0 fully saturated rings. The van der Waals surface area contributed by atoms with E-state index in [1.165, 1.54) is 6.07 Å². The van der Waals surface area contributed by atoms with Crippen molar-refractivity contribution in [3.63, 3.8) is 0 Å². The smallest absolute Gasteiger partial charge is 0.131 e. The number of rotatable bonds is 3. The van der Waals surface area contributed by atoms with Crippen LogP contribution in [-0.2, 0) is 6.54 Å². The standard InChI is InChI=1S/C15H15F2N/c1-18(2)10-11-5-3-4-6-13(11)14-9-12(16)7-8-15(14)17/h3-9H,10H2,1-2H3. The van der Waals surface area contributed by atoms with Crippen molar-refractivity contribution in [2.75, 3.05) is 14.1 Å². The van der Waals surface area contributed by atoms with Crippen LogP contribution in [0, 0.1) is 11.6 Å². The molecule has 0 aliphatic heterocycles. The van der Waals surface area contributed by atoms with Gasteiger partial charge >= 0.3 is 0 Å². The first-order valence-electron chi connectivity index (χ1n) is 5.76. The average molecular weight is 247 g/mol. The van der Waals surface area contributed by atoms with Crippen LogP contribution in [0.2, 0.25) is 0 Å². The van der Waals surface area contributed by atoms with Crippen molar-refractivity contribution in [1.82, 2.24) is 4.90 Å². The van der Waals surface area contributed by atoms with Crippen LogP contribution in [0.25, 0.3) is 11.1 Å². The summed E-state index contributed by atoms with van der Waals surface area (Å²) < 4.78 is 27.0. The highest BCUT2D eigenvalue weighted by atomic mass is 19.1. The monoisotopic (exact) mass is 247 g/mol. The van der Waals surface area contributed by atoms with E-state index in [9.17, 15) is 8.78 Å². The predicted octanol–water partition coefficient (Wildman–Crippen LogP) is 3.69. The molecule has 0 N–H and O–H groups in total. The van der Waals surface area contributed by atoms with Crippen molar-refractivity contribution in [3.8, 4) is 11.1 Å². The fourth-order valence-corrected chi connectivity index (χ4v) is 1.97. The van der Waals surface area contributed by atoms with Gasteiger partial charge in [0.1, 0.15) is 11.6 Å². The molecule has 0 bridgehead atoms. The molecule has 0 amide bonds. The molecule has 0 radical (unpaired) electrons. The second kappa shape index (κ2) is 5.27. The molecule has 0 heterocycles. The van der Waals surface area contributed by atoms with E-state index in [1.54, 1.807) is 0 Å². The van der Waals surface area contributed by atoms with Crippen molar-refractivity contribution in [2.24, 2.45) is 0 Å². The Kier molecular flexibility index (Phi) is 3.72. The molecule has 0 aliphatic carbocycles. The third-order valence-electron chi connectivity index (χ3n) is 2.72. The van der Waals surface area contributed by atoms with Gasteiger partial charge in [-0.3, -0.25) is 0 Å². The van der Waals surface area contributed by atoms with Gasteiger partial charge in [-0.15, -0.1) is 0 Å². The quantitative estimate of drug-likeness (QED) is 0.799. The Labute approximate surface area is 106 Å². The third-order valence-corrected chi connectivity index (χ3v) is 2.72. The number of halogens is 2. The molecule has 18 heavy (non-hydrogen) atoms. The molecular weight excluding hydrogens is 232 g/mol. The van der Waals surface area contributed by atoms with Gasteiger partial charge in [0.05, 0.1) is 0 Å². The van der Waals surface area contributed by atoms with Crippen LogP contribution in [0.5, 0.6) is 0 Å². The summed E-state index contributed by atoms with van der Waals surface area (Å²) in [5.74, 6) is -0.825. The topological polar surface area (TPSA) is 3.24 Å². The van der Waals surface area contributed by atoms with E-state index in [1.807, 2.05) is 43.3 Å². The van der Waals surface area contributed by atoms with Gasteiger partial charge in [0.2, 0.25) is 0 Å². The van der Waals surface area contributed by atoms with Crippen LogP contribution in [-0.4, -0.2) is 19.0 Å². The zero-order chi connectivity index (χ0) is 13.1. The summed E-state index contributed by atoms with van der Waals surface area (Å²) >= 11 is 0.